The van der Waals surface area contributed by atoms with Crippen molar-refractivity contribution < 1.29 is 9.53 Å². The highest BCUT2D eigenvalue weighted by atomic mass is 127. The van der Waals surface area contributed by atoms with Crippen LogP contribution >= 0.6 is 35.3 Å². The van der Waals surface area contributed by atoms with E-state index < -0.39 is 5.60 Å². The highest BCUT2D eigenvalue weighted by molar-refractivity contribution is 14.0. The van der Waals surface area contributed by atoms with Gasteiger partial charge in [0.05, 0.1) is 0 Å². The first-order valence-electron chi connectivity index (χ1n) is 7.92. The number of hydrogen-bond donors (Lipinski definition) is 2. The van der Waals surface area contributed by atoms with Gasteiger partial charge in [-0.1, -0.05) is 19.9 Å². The number of nitrogens with one attached hydrogen (secondary N) is 2. The Balaban J connectivity index is 0.00000529. The van der Waals surface area contributed by atoms with Gasteiger partial charge in [-0.3, -0.25) is 4.79 Å². The van der Waals surface area contributed by atoms with Crippen LogP contribution in [0.25, 0.3) is 0 Å². The minimum atomic E-state index is -0.487. The Morgan fingerprint density at radius 3 is 2.42 bits per heavy atom. The molecule has 0 radical (unpaired) electrons. The molecule has 138 valence electrons. The third kappa shape index (κ3) is 8.86. The number of halogens is 1. The maximum absolute atomic E-state index is 11.8. The smallest absolute Gasteiger partial charge is 0.328 e. The van der Waals surface area contributed by atoms with Gasteiger partial charge in [0.2, 0.25) is 0 Å². The number of guanidine groups is 1. The molecule has 0 amide bonds. The summed E-state index contributed by atoms with van der Waals surface area (Å²) >= 11 is 1.75. The van der Waals surface area contributed by atoms with Crippen LogP contribution in [0.3, 0.4) is 0 Å². The maximum Gasteiger partial charge on any atom is 0.328 e. The number of thiophene rings is 1. The Labute approximate surface area is 166 Å². The molecule has 0 atom stereocenters. The van der Waals surface area contributed by atoms with Gasteiger partial charge in [-0.05, 0) is 39.1 Å². The Morgan fingerprint density at radius 1 is 1.25 bits per heavy atom. The van der Waals surface area contributed by atoms with Gasteiger partial charge >= 0.3 is 5.97 Å². The average Bonchev–Trinajstić information content (AvgIpc) is 2.95. The van der Waals surface area contributed by atoms with E-state index in [0.29, 0.717) is 5.96 Å². The Morgan fingerprint density at radius 2 is 1.92 bits per heavy atom. The largest absolute Gasteiger partial charge is 0.459 e. The minimum Gasteiger partial charge on any atom is -0.459 e. The zero-order valence-corrected chi connectivity index (χ0v) is 18.6. The van der Waals surface area contributed by atoms with E-state index in [1.807, 2.05) is 27.7 Å². The van der Waals surface area contributed by atoms with E-state index in [1.54, 1.807) is 11.3 Å². The summed E-state index contributed by atoms with van der Waals surface area (Å²) in [5.41, 5.74) is -0.490. The van der Waals surface area contributed by atoms with Crippen molar-refractivity contribution in [2.24, 2.45) is 4.99 Å². The molecule has 1 heterocycles. The molecule has 5 nitrogen and oxygen atoms in total. The second kappa shape index (κ2) is 10.2. The van der Waals surface area contributed by atoms with Crippen molar-refractivity contribution in [1.82, 2.24) is 10.6 Å². The van der Waals surface area contributed by atoms with Gasteiger partial charge in [0.15, 0.2) is 5.96 Å². The van der Waals surface area contributed by atoms with Crippen LogP contribution < -0.4 is 10.6 Å². The summed E-state index contributed by atoms with van der Waals surface area (Å²) < 4.78 is 5.27. The SMILES string of the molecule is CCNC(=NCC(=O)OC(C)(C)C)NCC(C)(C)c1cccs1.I. The van der Waals surface area contributed by atoms with Crippen molar-refractivity contribution >= 4 is 47.2 Å². The summed E-state index contributed by atoms with van der Waals surface area (Å²) in [5, 5.41) is 8.54. The second-order valence-electron chi connectivity index (χ2n) is 7.00. The lowest BCUT2D eigenvalue weighted by Gasteiger charge is -2.25. The molecule has 0 aliphatic heterocycles. The summed E-state index contributed by atoms with van der Waals surface area (Å²) in [5.74, 6) is 0.301. The number of aliphatic imine (C=N–C) groups is 1. The first-order valence-corrected chi connectivity index (χ1v) is 8.80. The molecule has 0 aromatic carbocycles. The van der Waals surface area contributed by atoms with Crippen molar-refractivity contribution in [1.29, 1.82) is 0 Å². The molecule has 0 aliphatic rings. The number of rotatable bonds is 6. The zero-order valence-electron chi connectivity index (χ0n) is 15.4. The monoisotopic (exact) mass is 467 g/mol. The Kier molecular flexibility index (Phi) is 9.87. The summed E-state index contributed by atoms with van der Waals surface area (Å²) in [6.45, 7) is 13.4. The van der Waals surface area contributed by atoms with Crippen molar-refractivity contribution in [2.45, 2.75) is 52.6 Å². The number of carbonyl (C=O) groups excluding carboxylic acids is 1. The van der Waals surface area contributed by atoms with Crippen molar-refractivity contribution in [3.05, 3.63) is 22.4 Å². The molecule has 24 heavy (non-hydrogen) atoms. The molecule has 1 rings (SSSR count). The molecule has 0 saturated carbocycles. The molecule has 0 saturated heterocycles. The molecular formula is C17H30IN3O2S. The van der Waals surface area contributed by atoms with E-state index in [1.165, 1.54) is 4.88 Å². The van der Waals surface area contributed by atoms with E-state index in [2.05, 4.69) is 47.0 Å². The maximum atomic E-state index is 11.8. The molecule has 1 aromatic heterocycles. The number of esters is 1. The van der Waals surface area contributed by atoms with E-state index in [0.717, 1.165) is 13.1 Å². The first-order chi connectivity index (χ1) is 10.6. The van der Waals surface area contributed by atoms with Crippen LogP contribution in [-0.2, 0) is 14.9 Å². The van der Waals surface area contributed by atoms with Crippen LogP contribution in [0, 0.1) is 0 Å². The van der Waals surface area contributed by atoms with Crippen LogP contribution in [0.15, 0.2) is 22.5 Å². The van der Waals surface area contributed by atoms with Crippen molar-refractivity contribution in [3.63, 3.8) is 0 Å². The summed E-state index contributed by atoms with van der Waals surface area (Å²) in [6, 6.07) is 4.20. The highest BCUT2D eigenvalue weighted by Crippen LogP contribution is 2.26. The van der Waals surface area contributed by atoms with E-state index in [9.17, 15) is 4.79 Å². The quantitative estimate of drug-likeness (QED) is 0.291. The van der Waals surface area contributed by atoms with Crippen LogP contribution in [0.2, 0.25) is 0 Å². The summed E-state index contributed by atoms with van der Waals surface area (Å²) in [6.07, 6.45) is 0. The van der Waals surface area contributed by atoms with E-state index in [4.69, 9.17) is 4.74 Å². The Hall–Kier alpha value is -0.830. The summed E-state index contributed by atoms with van der Waals surface area (Å²) in [4.78, 5) is 17.4. The van der Waals surface area contributed by atoms with E-state index >= 15 is 0 Å². The first kappa shape index (κ1) is 23.2. The van der Waals surface area contributed by atoms with Crippen LogP contribution in [0.5, 0.6) is 0 Å². The third-order valence-electron chi connectivity index (χ3n) is 3.02. The Bertz CT molecular complexity index is 522. The molecule has 0 aliphatic carbocycles. The predicted octanol–water partition coefficient (Wildman–Crippen LogP) is 3.54. The van der Waals surface area contributed by atoms with Crippen LogP contribution in [-0.4, -0.2) is 37.2 Å². The number of ether oxygens (including phenoxy) is 1. The van der Waals surface area contributed by atoms with Crippen molar-refractivity contribution in [2.75, 3.05) is 19.6 Å². The lowest BCUT2D eigenvalue weighted by Crippen LogP contribution is -2.43. The standard InChI is InChI=1S/C17H29N3O2S.HI/c1-7-18-15(19-11-14(21)22-16(2,3)4)20-12-17(5,6)13-9-8-10-23-13;/h8-10H,7,11-12H2,1-6H3,(H2,18,19,20);1H. The normalized spacial score (nSPS) is 12.3. The molecule has 2 N–H and O–H groups in total. The molecule has 1 aromatic rings. The van der Waals surface area contributed by atoms with Crippen molar-refractivity contribution in [3.8, 4) is 0 Å². The minimum absolute atomic E-state index is 0. The van der Waals surface area contributed by atoms with Crippen LogP contribution in [0.4, 0.5) is 0 Å². The van der Waals surface area contributed by atoms with Gasteiger partial charge in [0.1, 0.15) is 12.1 Å². The van der Waals surface area contributed by atoms with Gasteiger partial charge in [-0.25, -0.2) is 4.99 Å². The molecular weight excluding hydrogens is 437 g/mol. The molecule has 0 fully saturated rings. The van der Waals surface area contributed by atoms with Gasteiger partial charge in [-0.15, -0.1) is 35.3 Å². The predicted molar refractivity (Wildman–Crippen MR) is 113 cm³/mol. The molecule has 0 unspecified atom stereocenters. The molecule has 0 bridgehead atoms. The fourth-order valence-corrected chi connectivity index (χ4v) is 2.77. The zero-order chi connectivity index (χ0) is 17.5. The second-order valence-corrected chi connectivity index (χ2v) is 7.94. The lowest BCUT2D eigenvalue weighted by molar-refractivity contribution is -0.152. The van der Waals surface area contributed by atoms with Crippen LogP contribution in [0.1, 0.15) is 46.4 Å². The van der Waals surface area contributed by atoms with Gasteiger partial charge in [0.25, 0.3) is 0 Å². The van der Waals surface area contributed by atoms with E-state index in [-0.39, 0.29) is 41.9 Å². The van der Waals surface area contributed by atoms with Gasteiger partial charge in [0, 0.05) is 23.4 Å². The fraction of sp³-hybridized carbons (Fsp3) is 0.647. The van der Waals surface area contributed by atoms with Gasteiger partial charge < -0.3 is 15.4 Å². The fourth-order valence-electron chi connectivity index (χ4n) is 1.91. The highest BCUT2D eigenvalue weighted by Gasteiger charge is 2.22. The molecule has 0 spiro atoms. The topological polar surface area (TPSA) is 62.7 Å². The number of nitrogens with zero attached hydrogens (tertiary/aromatic N) is 1. The molecule has 7 heteroatoms. The lowest BCUT2D eigenvalue weighted by atomic mass is 9.91. The van der Waals surface area contributed by atoms with Gasteiger partial charge in [-0.2, -0.15) is 0 Å². The number of hydrogen-bond acceptors (Lipinski definition) is 4. The average molecular weight is 467 g/mol. The third-order valence-corrected chi connectivity index (χ3v) is 4.25. The summed E-state index contributed by atoms with van der Waals surface area (Å²) in [7, 11) is 0. The number of carbonyl (C=O) groups is 1.